The normalized spacial score (nSPS) is 26.3. The van der Waals surface area contributed by atoms with E-state index in [0.29, 0.717) is 25.7 Å². The molecule has 2 aliphatic rings. The number of carboxylic acids is 1. The number of fused-ring (bicyclic) bond motifs is 1. The number of carbonyl (C=O) groups is 1. The lowest BCUT2D eigenvalue weighted by atomic mass is 9.66. The van der Waals surface area contributed by atoms with E-state index in [2.05, 4.69) is 18.7 Å². The molecule has 0 spiro atoms. The number of carboxylic acid groups (broad SMARTS) is 1. The van der Waals surface area contributed by atoms with E-state index < -0.39 is 17.0 Å². The van der Waals surface area contributed by atoms with Crippen molar-refractivity contribution in [1.82, 2.24) is 4.90 Å². The molecular weight excluding hydrogens is 345 g/mol. The van der Waals surface area contributed by atoms with Crippen LogP contribution in [0.4, 0.5) is 4.39 Å². The van der Waals surface area contributed by atoms with Crippen LogP contribution in [0.1, 0.15) is 63.0 Å². The summed E-state index contributed by atoms with van der Waals surface area (Å²) in [5, 5.41) is 20.8. The minimum Gasteiger partial charge on any atom is -0.481 e. The van der Waals surface area contributed by atoms with Crippen molar-refractivity contribution >= 4 is 5.97 Å². The van der Waals surface area contributed by atoms with E-state index in [1.807, 2.05) is 13.1 Å². The van der Waals surface area contributed by atoms with Gasteiger partial charge in [-0.25, -0.2) is 4.39 Å². The zero-order valence-corrected chi connectivity index (χ0v) is 16.7. The molecule has 0 bridgehead atoms. The van der Waals surface area contributed by atoms with Crippen LogP contribution >= 0.6 is 0 Å². The predicted molar refractivity (Wildman–Crippen MR) is 103 cm³/mol. The van der Waals surface area contributed by atoms with Gasteiger partial charge in [-0.15, -0.1) is 0 Å². The molecule has 2 N–H and O–H groups in total. The van der Waals surface area contributed by atoms with Crippen LogP contribution in [0.2, 0.25) is 0 Å². The Kier molecular flexibility index (Phi) is 5.64. The quantitative estimate of drug-likeness (QED) is 0.723. The average molecular weight is 378 g/mol. The molecule has 0 amide bonds. The van der Waals surface area contributed by atoms with Gasteiger partial charge in [0.05, 0.1) is 11.0 Å². The Balaban J connectivity index is 1.64. The zero-order valence-electron chi connectivity index (χ0n) is 16.7. The van der Waals surface area contributed by atoms with Crippen molar-refractivity contribution in [3.8, 4) is 0 Å². The van der Waals surface area contributed by atoms with Gasteiger partial charge < -0.3 is 15.1 Å². The standard InChI is InChI=1S/C22H32FNO3/c1-15(2)19-18-5-4-17(23)14-16(18)6-7-22(19,27)11-13-24(3)12-10-21(8-9-21)20(25)26/h4-5,14-15,19,27H,6-13H2,1-3H3,(H,25,26)/t19-,22-/m0/s1. The highest BCUT2D eigenvalue weighted by molar-refractivity contribution is 5.77. The summed E-state index contributed by atoms with van der Waals surface area (Å²) in [6.07, 6.45) is 4.21. The fourth-order valence-electron chi connectivity index (χ4n) is 4.77. The van der Waals surface area contributed by atoms with Crippen molar-refractivity contribution in [3.63, 3.8) is 0 Å². The van der Waals surface area contributed by atoms with Crippen molar-refractivity contribution in [1.29, 1.82) is 0 Å². The van der Waals surface area contributed by atoms with Crippen molar-refractivity contribution < 1.29 is 19.4 Å². The van der Waals surface area contributed by atoms with Crippen LogP contribution in [0.5, 0.6) is 0 Å². The largest absolute Gasteiger partial charge is 0.481 e. The summed E-state index contributed by atoms with van der Waals surface area (Å²) in [6.45, 7) is 5.69. The highest BCUT2D eigenvalue weighted by Gasteiger charge is 2.49. The van der Waals surface area contributed by atoms with Gasteiger partial charge in [-0.2, -0.15) is 0 Å². The number of halogens is 1. The lowest BCUT2D eigenvalue weighted by molar-refractivity contribution is -0.143. The molecule has 0 aliphatic heterocycles. The van der Waals surface area contributed by atoms with Gasteiger partial charge in [0.15, 0.2) is 0 Å². The molecule has 0 unspecified atom stereocenters. The average Bonchev–Trinajstić information content (AvgIpc) is 3.39. The van der Waals surface area contributed by atoms with Gasteiger partial charge in [-0.1, -0.05) is 19.9 Å². The van der Waals surface area contributed by atoms with Crippen LogP contribution in [0, 0.1) is 17.2 Å². The molecule has 0 saturated heterocycles. The maximum atomic E-state index is 13.6. The van der Waals surface area contributed by atoms with Gasteiger partial charge in [0, 0.05) is 12.5 Å². The minimum absolute atomic E-state index is 0.0101. The third-order valence-electron chi connectivity index (χ3n) is 6.72. The van der Waals surface area contributed by atoms with Gasteiger partial charge in [-0.05, 0) is 81.3 Å². The number of nitrogens with zero attached hydrogens (tertiary/aromatic N) is 1. The Morgan fingerprint density at radius 3 is 2.52 bits per heavy atom. The first-order valence-corrected chi connectivity index (χ1v) is 10.1. The number of aliphatic carboxylic acids is 1. The molecule has 27 heavy (non-hydrogen) atoms. The Morgan fingerprint density at radius 2 is 1.93 bits per heavy atom. The van der Waals surface area contributed by atoms with E-state index >= 15 is 0 Å². The van der Waals surface area contributed by atoms with Crippen LogP contribution in [0.25, 0.3) is 0 Å². The summed E-state index contributed by atoms with van der Waals surface area (Å²) in [5.74, 6) is -0.644. The topological polar surface area (TPSA) is 60.8 Å². The molecule has 0 heterocycles. The highest BCUT2D eigenvalue weighted by Crippen LogP contribution is 2.49. The van der Waals surface area contributed by atoms with Gasteiger partial charge >= 0.3 is 5.97 Å². The summed E-state index contributed by atoms with van der Waals surface area (Å²) in [4.78, 5) is 13.5. The van der Waals surface area contributed by atoms with Gasteiger partial charge in [0.2, 0.25) is 0 Å². The van der Waals surface area contributed by atoms with E-state index in [0.717, 1.165) is 37.1 Å². The van der Waals surface area contributed by atoms with Gasteiger partial charge in [-0.3, -0.25) is 4.79 Å². The molecule has 2 atom stereocenters. The second-order valence-corrected chi connectivity index (χ2v) is 9.06. The van der Waals surface area contributed by atoms with E-state index in [4.69, 9.17) is 0 Å². The fourth-order valence-corrected chi connectivity index (χ4v) is 4.77. The predicted octanol–water partition coefficient (Wildman–Crippen LogP) is 3.82. The molecule has 1 aromatic carbocycles. The maximum Gasteiger partial charge on any atom is 0.309 e. The third-order valence-corrected chi connectivity index (χ3v) is 6.72. The molecule has 2 aliphatic carbocycles. The molecule has 1 aromatic rings. The van der Waals surface area contributed by atoms with Crippen molar-refractivity contribution in [3.05, 3.63) is 35.1 Å². The summed E-state index contributed by atoms with van der Waals surface area (Å²) < 4.78 is 13.6. The summed E-state index contributed by atoms with van der Waals surface area (Å²) >= 11 is 0. The fraction of sp³-hybridized carbons (Fsp3) is 0.682. The summed E-state index contributed by atoms with van der Waals surface area (Å²) in [7, 11) is 2.00. The molecule has 1 saturated carbocycles. The monoisotopic (exact) mass is 377 g/mol. The Labute approximate surface area is 161 Å². The number of aryl methyl sites for hydroxylation is 1. The molecule has 3 rings (SSSR count). The summed E-state index contributed by atoms with van der Waals surface area (Å²) in [6, 6.07) is 4.94. The first kappa shape index (κ1) is 20.3. The molecule has 4 nitrogen and oxygen atoms in total. The molecule has 0 radical (unpaired) electrons. The first-order chi connectivity index (χ1) is 12.7. The van der Waals surface area contributed by atoms with E-state index in [9.17, 15) is 19.4 Å². The maximum absolute atomic E-state index is 13.6. The van der Waals surface area contributed by atoms with Crippen LogP contribution < -0.4 is 0 Å². The first-order valence-electron chi connectivity index (χ1n) is 10.1. The van der Waals surface area contributed by atoms with Crippen LogP contribution in [-0.2, 0) is 11.2 Å². The smallest absolute Gasteiger partial charge is 0.309 e. The van der Waals surface area contributed by atoms with Crippen molar-refractivity contribution in [2.75, 3.05) is 20.1 Å². The highest BCUT2D eigenvalue weighted by atomic mass is 19.1. The van der Waals surface area contributed by atoms with Gasteiger partial charge in [0.25, 0.3) is 0 Å². The lowest BCUT2D eigenvalue weighted by Crippen LogP contribution is -2.45. The van der Waals surface area contributed by atoms with Crippen molar-refractivity contribution in [2.45, 2.75) is 63.9 Å². The van der Waals surface area contributed by atoms with Gasteiger partial charge in [0.1, 0.15) is 5.82 Å². The number of rotatable bonds is 8. The Morgan fingerprint density at radius 1 is 1.26 bits per heavy atom. The second kappa shape index (κ2) is 7.51. The number of hydrogen-bond donors (Lipinski definition) is 2. The molecule has 1 fully saturated rings. The Bertz CT molecular complexity index is 701. The van der Waals surface area contributed by atoms with Crippen molar-refractivity contribution in [2.24, 2.45) is 11.3 Å². The number of aliphatic hydroxyl groups is 1. The van der Waals surface area contributed by atoms with Crippen LogP contribution in [-0.4, -0.2) is 46.8 Å². The second-order valence-electron chi connectivity index (χ2n) is 9.06. The number of benzene rings is 1. The minimum atomic E-state index is -0.808. The Hall–Kier alpha value is -1.46. The SMILES string of the molecule is CC(C)[C@H]1c2ccc(F)cc2CC[C@]1(O)CCN(C)CCC1(C(=O)O)CC1. The molecule has 5 heteroatoms. The van der Waals surface area contributed by atoms with E-state index in [1.165, 1.54) is 6.07 Å². The molecular formula is C22H32FNO3. The summed E-state index contributed by atoms with van der Waals surface area (Å²) in [5.41, 5.74) is 0.783. The molecule has 0 aromatic heterocycles. The molecule has 150 valence electrons. The zero-order chi connectivity index (χ0) is 19.8. The number of hydrogen-bond acceptors (Lipinski definition) is 3. The van der Waals surface area contributed by atoms with Crippen LogP contribution in [0.15, 0.2) is 18.2 Å². The lowest BCUT2D eigenvalue weighted by Gasteiger charge is -2.44. The van der Waals surface area contributed by atoms with Crippen LogP contribution in [0.3, 0.4) is 0 Å². The van der Waals surface area contributed by atoms with E-state index in [-0.39, 0.29) is 17.7 Å². The van der Waals surface area contributed by atoms with E-state index in [1.54, 1.807) is 6.07 Å². The third kappa shape index (κ3) is 4.19.